The minimum absolute atomic E-state index is 0.00516. The zero-order chi connectivity index (χ0) is 21.9. The highest BCUT2D eigenvalue weighted by molar-refractivity contribution is 8.14. The van der Waals surface area contributed by atoms with Gasteiger partial charge in [-0.1, -0.05) is 73.5 Å². The van der Waals surface area contributed by atoms with E-state index in [2.05, 4.69) is 5.32 Å². The fraction of sp³-hybridized carbons (Fsp3) is 0.360. The largest absolute Gasteiger partial charge is 0.353 e. The zero-order valence-corrected chi connectivity index (χ0v) is 18.7. The molecule has 1 aliphatic carbocycles. The number of carbonyl (C=O) groups excluding carboxylic acids is 2. The second-order valence-electron chi connectivity index (χ2n) is 8.43. The Kier molecular flexibility index (Phi) is 6.08. The molecule has 0 unspecified atom stereocenters. The average molecular weight is 447 g/mol. The monoisotopic (exact) mass is 446 g/mol. The van der Waals surface area contributed by atoms with Gasteiger partial charge in [-0.2, -0.15) is 0 Å². The van der Waals surface area contributed by atoms with Gasteiger partial charge in [0.25, 0.3) is 5.91 Å². The van der Waals surface area contributed by atoms with Gasteiger partial charge in [0.1, 0.15) is 11.9 Å². The van der Waals surface area contributed by atoms with Gasteiger partial charge >= 0.3 is 0 Å². The van der Waals surface area contributed by atoms with Gasteiger partial charge in [0.2, 0.25) is 5.91 Å². The van der Waals surface area contributed by atoms with Crippen LogP contribution in [-0.2, 0) is 16.0 Å². The van der Waals surface area contributed by atoms with Gasteiger partial charge in [0.15, 0.2) is 5.17 Å². The average Bonchev–Trinajstić information content (AvgIpc) is 3.15. The van der Waals surface area contributed by atoms with E-state index in [9.17, 15) is 9.59 Å². The van der Waals surface area contributed by atoms with E-state index in [4.69, 9.17) is 9.98 Å². The van der Waals surface area contributed by atoms with Crippen molar-refractivity contribution >= 4 is 40.3 Å². The van der Waals surface area contributed by atoms with Crippen LogP contribution in [0.4, 0.5) is 5.69 Å². The summed E-state index contributed by atoms with van der Waals surface area (Å²) in [6, 6.07) is 17.4. The molecule has 3 aliphatic rings. The molecule has 0 spiro atoms. The van der Waals surface area contributed by atoms with E-state index in [1.165, 1.54) is 31.0 Å². The number of benzene rings is 2. The number of nitrogens with zero attached hydrogens (tertiary/aromatic N) is 3. The third-order valence-corrected chi connectivity index (χ3v) is 7.06. The first-order valence-corrected chi connectivity index (χ1v) is 12.2. The summed E-state index contributed by atoms with van der Waals surface area (Å²) in [5, 5.41) is 3.67. The molecule has 2 heterocycles. The number of amidine groups is 2. The summed E-state index contributed by atoms with van der Waals surface area (Å²) >= 11 is 1.31. The standard InChI is InChI=1S/C25H26N4O2S/c30-22(26-18-11-5-2-6-12-18)16-32-25-28-20-14-8-7-13-19(20)23-27-21(24(31)29(23)25)15-17-9-3-1-4-10-17/h1,3-4,7-10,13-14,18,21H,2,5-6,11-12,15-16H2,(H,26,30)/t21-/m0/s1. The summed E-state index contributed by atoms with van der Waals surface area (Å²) in [4.78, 5) is 37.0. The van der Waals surface area contributed by atoms with E-state index in [-0.39, 0.29) is 23.6 Å². The fourth-order valence-electron chi connectivity index (χ4n) is 4.52. The molecule has 5 rings (SSSR count). The van der Waals surface area contributed by atoms with Crippen LogP contribution in [0.15, 0.2) is 64.6 Å². The number of hydrogen-bond acceptors (Lipinski definition) is 5. The number of para-hydroxylation sites is 1. The van der Waals surface area contributed by atoms with Gasteiger partial charge in [-0.15, -0.1) is 0 Å². The van der Waals surface area contributed by atoms with E-state index in [0.29, 0.717) is 17.4 Å². The van der Waals surface area contributed by atoms with Gasteiger partial charge < -0.3 is 5.32 Å². The molecule has 0 bridgehead atoms. The minimum atomic E-state index is -0.486. The Morgan fingerprint density at radius 1 is 1.03 bits per heavy atom. The molecule has 2 aromatic rings. The third-order valence-electron chi connectivity index (χ3n) is 6.12. The molecule has 0 radical (unpaired) electrons. The molecule has 0 aromatic heterocycles. The van der Waals surface area contributed by atoms with Gasteiger partial charge in [0.05, 0.1) is 11.4 Å². The van der Waals surface area contributed by atoms with Crippen LogP contribution in [0.1, 0.15) is 43.2 Å². The normalized spacial score (nSPS) is 20.3. The second-order valence-corrected chi connectivity index (χ2v) is 9.38. The highest BCUT2D eigenvalue weighted by Gasteiger charge is 2.41. The quantitative estimate of drug-likeness (QED) is 0.752. The Bertz CT molecular complexity index is 1080. The lowest BCUT2D eigenvalue weighted by Crippen LogP contribution is -2.42. The number of nitrogens with one attached hydrogen (secondary N) is 1. The highest BCUT2D eigenvalue weighted by atomic mass is 32.2. The topological polar surface area (TPSA) is 74.1 Å². The lowest BCUT2D eigenvalue weighted by molar-refractivity contribution is -0.124. The maximum absolute atomic E-state index is 13.3. The Morgan fingerprint density at radius 2 is 1.78 bits per heavy atom. The van der Waals surface area contributed by atoms with E-state index in [1.807, 2.05) is 54.6 Å². The smallest absolute Gasteiger partial charge is 0.259 e. The van der Waals surface area contributed by atoms with Gasteiger partial charge in [-0.05, 0) is 30.5 Å². The first-order valence-electron chi connectivity index (χ1n) is 11.2. The van der Waals surface area contributed by atoms with Crippen molar-refractivity contribution in [2.75, 3.05) is 5.75 Å². The SMILES string of the molecule is O=C(CSC1=Nc2ccccc2C2=N[C@@H](Cc3ccccc3)C(=O)N12)NC1CCCCC1. The molecule has 1 atom stereocenters. The maximum atomic E-state index is 13.3. The molecule has 6 nitrogen and oxygen atoms in total. The van der Waals surface area contributed by atoms with Crippen molar-refractivity contribution in [2.24, 2.45) is 9.98 Å². The molecule has 164 valence electrons. The van der Waals surface area contributed by atoms with E-state index >= 15 is 0 Å². The van der Waals surface area contributed by atoms with Crippen molar-refractivity contribution < 1.29 is 9.59 Å². The summed E-state index contributed by atoms with van der Waals surface area (Å²) < 4.78 is 0. The summed E-state index contributed by atoms with van der Waals surface area (Å²) in [6.45, 7) is 0. The Labute approximate surface area is 192 Å². The number of amides is 2. The molecule has 1 N–H and O–H groups in total. The number of aliphatic imine (C=N–C) groups is 2. The molecule has 32 heavy (non-hydrogen) atoms. The predicted octanol–water partition coefficient (Wildman–Crippen LogP) is 4.07. The van der Waals surface area contributed by atoms with Crippen LogP contribution in [0, 0.1) is 0 Å². The first-order chi connectivity index (χ1) is 15.7. The molecular weight excluding hydrogens is 420 g/mol. The minimum Gasteiger partial charge on any atom is -0.353 e. The van der Waals surface area contributed by atoms with Crippen molar-refractivity contribution in [3.05, 3.63) is 65.7 Å². The van der Waals surface area contributed by atoms with Crippen LogP contribution in [0.25, 0.3) is 0 Å². The summed E-state index contributed by atoms with van der Waals surface area (Å²) in [6.07, 6.45) is 6.24. The number of hydrogen-bond donors (Lipinski definition) is 1. The Hall–Kier alpha value is -2.93. The van der Waals surface area contributed by atoms with Crippen molar-refractivity contribution in [1.82, 2.24) is 10.2 Å². The van der Waals surface area contributed by atoms with Gasteiger partial charge in [0, 0.05) is 18.0 Å². The van der Waals surface area contributed by atoms with Crippen LogP contribution < -0.4 is 5.32 Å². The summed E-state index contributed by atoms with van der Waals surface area (Å²) in [5.74, 6) is 0.779. The number of rotatable bonds is 5. The summed E-state index contributed by atoms with van der Waals surface area (Å²) in [5.41, 5.74) is 2.71. The fourth-order valence-corrected chi connectivity index (χ4v) is 5.33. The Balaban J connectivity index is 1.34. The van der Waals surface area contributed by atoms with Crippen LogP contribution in [0.5, 0.6) is 0 Å². The Morgan fingerprint density at radius 3 is 2.59 bits per heavy atom. The highest BCUT2D eigenvalue weighted by Crippen LogP contribution is 2.34. The first kappa shape index (κ1) is 20.9. The third kappa shape index (κ3) is 4.35. The van der Waals surface area contributed by atoms with Crippen LogP contribution >= 0.6 is 11.8 Å². The molecule has 1 saturated carbocycles. The van der Waals surface area contributed by atoms with Gasteiger partial charge in [-0.25, -0.2) is 9.89 Å². The number of fused-ring (bicyclic) bond motifs is 3. The molecule has 2 aliphatic heterocycles. The van der Waals surface area contributed by atoms with Crippen LogP contribution in [0.3, 0.4) is 0 Å². The van der Waals surface area contributed by atoms with Crippen molar-refractivity contribution in [3.8, 4) is 0 Å². The molecular formula is C25H26N4O2S. The van der Waals surface area contributed by atoms with E-state index < -0.39 is 6.04 Å². The van der Waals surface area contributed by atoms with Crippen molar-refractivity contribution in [3.63, 3.8) is 0 Å². The van der Waals surface area contributed by atoms with Crippen LogP contribution in [-0.4, -0.2) is 45.6 Å². The van der Waals surface area contributed by atoms with E-state index in [0.717, 1.165) is 29.7 Å². The maximum Gasteiger partial charge on any atom is 0.259 e. The predicted molar refractivity (Wildman–Crippen MR) is 128 cm³/mol. The molecule has 0 saturated heterocycles. The molecule has 1 fully saturated rings. The van der Waals surface area contributed by atoms with Crippen molar-refractivity contribution in [1.29, 1.82) is 0 Å². The molecule has 2 amide bonds. The number of carbonyl (C=O) groups is 2. The lowest BCUT2D eigenvalue weighted by Gasteiger charge is -2.26. The van der Waals surface area contributed by atoms with Crippen molar-refractivity contribution in [2.45, 2.75) is 50.6 Å². The van der Waals surface area contributed by atoms with Crippen LogP contribution in [0.2, 0.25) is 0 Å². The molecule has 7 heteroatoms. The summed E-state index contributed by atoms with van der Waals surface area (Å²) in [7, 11) is 0. The molecule has 2 aromatic carbocycles. The van der Waals surface area contributed by atoms with Gasteiger partial charge in [-0.3, -0.25) is 14.6 Å². The van der Waals surface area contributed by atoms with E-state index in [1.54, 1.807) is 4.90 Å². The second kappa shape index (κ2) is 9.28. The zero-order valence-electron chi connectivity index (χ0n) is 17.9. The lowest BCUT2D eigenvalue weighted by atomic mass is 9.95. The number of thioether (sulfide) groups is 1.